The minimum Gasteiger partial charge on any atom is -0.496 e. The monoisotopic (exact) mass is 349 g/mol. The largest absolute Gasteiger partial charge is 0.496 e. The molecule has 112 valence electrons. The van der Waals surface area contributed by atoms with E-state index in [9.17, 15) is 0 Å². The molecule has 0 aliphatic heterocycles. The molecule has 0 saturated heterocycles. The number of hydrogen-bond donors (Lipinski definition) is 1. The fourth-order valence-electron chi connectivity index (χ4n) is 2.10. The first-order chi connectivity index (χ1) is 10.1. The molecule has 0 spiro atoms. The standard InChI is InChI=1S/C17H20BrNO2/c1-12(19)8-13-4-3-5-15(9-13)21-11-14-6-7-17(20-2)16(18)10-14/h3-7,9-10,12H,8,11,19H2,1-2H3. The third kappa shape index (κ3) is 4.76. The lowest BCUT2D eigenvalue weighted by molar-refractivity contribution is 0.305. The number of nitrogens with two attached hydrogens (primary N) is 1. The van der Waals surface area contributed by atoms with Crippen molar-refractivity contribution in [3.05, 3.63) is 58.1 Å². The SMILES string of the molecule is COc1ccc(COc2cccc(CC(C)N)c2)cc1Br. The predicted molar refractivity (Wildman–Crippen MR) is 88.8 cm³/mol. The Bertz CT molecular complexity index is 599. The van der Waals surface area contributed by atoms with Crippen molar-refractivity contribution < 1.29 is 9.47 Å². The third-order valence-electron chi connectivity index (χ3n) is 3.08. The summed E-state index contributed by atoms with van der Waals surface area (Å²) < 4.78 is 12.0. The number of methoxy groups -OCH3 is 1. The molecule has 1 atom stereocenters. The summed E-state index contributed by atoms with van der Waals surface area (Å²) in [6.45, 7) is 2.52. The molecule has 0 saturated carbocycles. The summed E-state index contributed by atoms with van der Waals surface area (Å²) in [4.78, 5) is 0. The van der Waals surface area contributed by atoms with E-state index in [4.69, 9.17) is 15.2 Å². The summed E-state index contributed by atoms with van der Waals surface area (Å²) in [7, 11) is 1.65. The highest BCUT2D eigenvalue weighted by Crippen LogP contribution is 2.26. The molecule has 2 aromatic carbocycles. The molecule has 4 heteroatoms. The minimum absolute atomic E-state index is 0.151. The van der Waals surface area contributed by atoms with Crippen LogP contribution in [-0.4, -0.2) is 13.2 Å². The lowest BCUT2D eigenvalue weighted by Crippen LogP contribution is -2.17. The normalized spacial score (nSPS) is 12.0. The maximum atomic E-state index is 5.84. The van der Waals surface area contributed by atoms with Crippen molar-refractivity contribution in [2.75, 3.05) is 7.11 Å². The molecule has 0 amide bonds. The van der Waals surface area contributed by atoms with Gasteiger partial charge in [0, 0.05) is 6.04 Å². The Balaban J connectivity index is 2.01. The van der Waals surface area contributed by atoms with Gasteiger partial charge in [-0.1, -0.05) is 18.2 Å². The van der Waals surface area contributed by atoms with E-state index in [-0.39, 0.29) is 6.04 Å². The molecule has 0 heterocycles. The highest BCUT2D eigenvalue weighted by Gasteiger charge is 2.04. The lowest BCUT2D eigenvalue weighted by Gasteiger charge is -2.10. The first-order valence-electron chi connectivity index (χ1n) is 6.88. The summed E-state index contributed by atoms with van der Waals surface area (Å²) in [5, 5.41) is 0. The summed E-state index contributed by atoms with van der Waals surface area (Å²) in [5.41, 5.74) is 8.10. The molecular weight excluding hydrogens is 330 g/mol. The number of ether oxygens (including phenoxy) is 2. The zero-order chi connectivity index (χ0) is 15.2. The molecule has 0 radical (unpaired) electrons. The van der Waals surface area contributed by atoms with Crippen LogP contribution in [0.15, 0.2) is 46.9 Å². The van der Waals surface area contributed by atoms with Crippen LogP contribution < -0.4 is 15.2 Å². The second kappa shape index (κ2) is 7.48. The van der Waals surface area contributed by atoms with Crippen molar-refractivity contribution in [1.29, 1.82) is 0 Å². The molecular formula is C17H20BrNO2. The van der Waals surface area contributed by atoms with Crippen molar-refractivity contribution in [2.24, 2.45) is 5.73 Å². The van der Waals surface area contributed by atoms with Gasteiger partial charge in [-0.15, -0.1) is 0 Å². The van der Waals surface area contributed by atoms with E-state index < -0.39 is 0 Å². The molecule has 2 N–H and O–H groups in total. The maximum Gasteiger partial charge on any atom is 0.133 e. The van der Waals surface area contributed by atoms with Gasteiger partial charge in [0.25, 0.3) is 0 Å². The molecule has 2 aromatic rings. The molecule has 2 rings (SSSR count). The van der Waals surface area contributed by atoms with E-state index in [1.54, 1.807) is 7.11 Å². The van der Waals surface area contributed by atoms with Gasteiger partial charge in [0.2, 0.25) is 0 Å². The zero-order valence-electron chi connectivity index (χ0n) is 12.3. The van der Waals surface area contributed by atoms with Gasteiger partial charge in [0.05, 0.1) is 11.6 Å². The Hall–Kier alpha value is -1.52. The van der Waals surface area contributed by atoms with Crippen LogP contribution in [-0.2, 0) is 13.0 Å². The van der Waals surface area contributed by atoms with E-state index in [1.165, 1.54) is 5.56 Å². The molecule has 0 aliphatic carbocycles. The van der Waals surface area contributed by atoms with Crippen LogP contribution >= 0.6 is 15.9 Å². The third-order valence-corrected chi connectivity index (χ3v) is 3.70. The average molecular weight is 350 g/mol. The molecule has 21 heavy (non-hydrogen) atoms. The van der Waals surface area contributed by atoms with Crippen LogP contribution in [0.25, 0.3) is 0 Å². The Morgan fingerprint density at radius 2 is 1.95 bits per heavy atom. The summed E-state index contributed by atoms with van der Waals surface area (Å²) in [6, 6.07) is 14.1. The zero-order valence-corrected chi connectivity index (χ0v) is 13.9. The number of rotatable bonds is 6. The van der Waals surface area contributed by atoms with E-state index in [2.05, 4.69) is 22.0 Å². The van der Waals surface area contributed by atoms with Gasteiger partial charge in [-0.2, -0.15) is 0 Å². The van der Waals surface area contributed by atoms with Crippen molar-refractivity contribution in [3.63, 3.8) is 0 Å². The van der Waals surface area contributed by atoms with Gasteiger partial charge in [-0.25, -0.2) is 0 Å². The van der Waals surface area contributed by atoms with Crippen molar-refractivity contribution in [3.8, 4) is 11.5 Å². The smallest absolute Gasteiger partial charge is 0.133 e. The van der Waals surface area contributed by atoms with Gasteiger partial charge in [0.1, 0.15) is 18.1 Å². The maximum absolute atomic E-state index is 5.84. The fraction of sp³-hybridized carbons (Fsp3) is 0.294. The van der Waals surface area contributed by atoms with Gasteiger partial charge in [-0.05, 0) is 64.7 Å². The number of hydrogen-bond acceptors (Lipinski definition) is 3. The molecule has 3 nitrogen and oxygen atoms in total. The second-order valence-electron chi connectivity index (χ2n) is 5.09. The van der Waals surface area contributed by atoms with Crippen molar-refractivity contribution >= 4 is 15.9 Å². The van der Waals surface area contributed by atoms with Crippen LogP contribution in [0.2, 0.25) is 0 Å². The first kappa shape index (κ1) is 15.9. The summed E-state index contributed by atoms with van der Waals surface area (Å²) in [6.07, 6.45) is 0.852. The molecule has 1 unspecified atom stereocenters. The molecule has 0 bridgehead atoms. The quantitative estimate of drug-likeness (QED) is 0.859. The second-order valence-corrected chi connectivity index (χ2v) is 5.94. The van der Waals surface area contributed by atoms with E-state index in [0.29, 0.717) is 6.61 Å². The Morgan fingerprint density at radius 1 is 1.14 bits per heavy atom. The van der Waals surface area contributed by atoms with Crippen molar-refractivity contribution in [1.82, 2.24) is 0 Å². The number of benzene rings is 2. The van der Waals surface area contributed by atoms with Gasteiger partial charge in [0.15, 0.2) is 0 Å². The van der Waals surface area contributed by atoms with Crippen LogP contribution in [0.5, 0.6) is 11.5 Å². The first-order valence-corrected chi connectivity index (χ1v) is 7.67. The summed E-state index contributed by atoms with van der Waals surface area (Å²) >= 11 is 3.48. The van der Waals surface area contributed by atoms with Gasteiger partial charge in [-0.3, -0.25) is 0 Å². The highest BCUT2D eigenvalue weighted by atomic mass is 79.9. The Kier molecular flexibility index (Phi) is 5.65. The fourth-order valence-corrected chi connectivity index (χ4v) is 2.69. The topological polar surface area (TPSA) is 44.5 Å². The predicted octanol–water partition coefficient (Wildman–Crippen LogP) is 3.93. The molecule has 0 aromatic heterocycles. The van der Waals surface area contributed by atoms with Gasteiger partial charge < -0.3 is 15.2 Å². The highest BCUT2D eigenvalue weighted by molar-refractivity contribution is 9.10. The Morgan fingerprint density at radius 3 is 2.62 bits per heavy atom. The van der Waals surface area contributed by atoms with Crippen molar-refractivity contribution in [2.45, 2.75) is 26.0 Å². The van der Waals surface area contributed by atoms with E-state index in [0.717, 1.165) is 28.0 Å². The molecule has 0 fully saturated rings. The van der Waals surface area contributed by atoms with Gasteiger partial charge >= 0.3 is 0 Å². The minimum atomic E-state index is 0.151. The van der Waals surface area contributed by atoms with Crippen LogP contribution in [0.1, 0.15) is 18.1 Å². The average Bonchev–Trinajstić information content (AvgIpc) is 2.45. The lowest BCUT2D eigenvalue weighted by atomic mass is 10.1. The van der Waals surface area contributed by atoms with Crippen LogP contribution in [0, 0.1) is 0 Å². The molecule has 0 aliphatic rings. The van der Waals surface area contributed by atoms with E-state index >= 15 is 0 Å². The van der Waals surface area contributed by atoms with Crippen LogP contribution in [0.3, 0.4) is 0 Å². The Labute approximate surface area is 134 Å². The van der Waals surface area contributed by atoms with E-state index in [1.807, 2.05) is 43.3 Å². The summed E-state index contributed by atoms with van der Waals surface area (Å²) in [5.74, 6) is 1.68. The number of halogens is 1. The van der Waals surface area contributed by atoms with Crippen LogP contribution in [0.4, 0.5) is 0 Å².